The second kappa shape index (κ2) is 3.79. The van der Waals surface area contributed by atoms with Gasteiger partial charge in [-0.25, -0.2) is 0 Å². The number of fused-ring (bicyclic) bond motifs is 2. The summed E-state index contributed by atoms with van der Waals surface area (Å²) in [6.45, 7) is 0.0302. The molecule has 0 aromatic heterocycles. The average Bonchev–Trinajstić information content (AvgIpc) is 3.13. The molecular formula is C15H14O3. The summed E-state index contributed by atoms with van der Waals surface area (Å²) in [6, 6.07) is 14.5. The fourth-order valence-electron chi connectivity index (χ4n) is 2.92. The van der Waals surface area contributed by atoms with E-state index in [-0.39, 0.29) is 31.0 Å². The molecule has 2 saturated heterocycles. The predicted octanol–water partition coefficient (Wildman–Crippen LogP) is 2.04. The Balaban J connectivity index is 1.79. The molecule has 0 spiro atoms. The van der Waals surface area contributed by atoms with Crippen molar-refractivity contribution in [1.82, 2.24) is 0 Å². The van der Waals surface area contributed by atoms with Gasteiger partial charge in [-0.15, -0.1) is 0 Å². The van der Waals surface area contributed by atoms with Gasteiger partial charge in [0.15, 0.2) is 0 Å². The van der Waals surface area contributed by atoms with Crippen LogP contribution in [-0.2, 0) is 9.47 Å². The zero-order chi connectivity index (χ0) is 12.1. The van der Waals surface area contributed by atoms with Crippen molar-refractivity contribution in [2.75, 3.05) is 6.61 Å². The lowest BCUT2D eigenvalue weighted by atomic mass is 9.98. The molecule has 92 valence electrons. The number of aliphatic hydroxyl groups excluding tert-OH is 1. The molecule has 0 radical (unpaired) electrons. The number of ether oxygens (including phenoxy) is 2. The van der Waals surface area contributed by atoms with Crippen LogP contribution in [0.5, 0.6) is 0 Å². The van der Waals surface area contributed by atoms with E-state index in [0.29, 0.717) is 0 Å². The van der Waals surface area contributed by atoms with Crippen molar-refractivity contribution in [3.8, 4) is 0 Å². The molecule has 3 heteroatoms. The molecule has 0 unspecified atom stereocenters. The maximum atomic E-state index is 9.24. The van der Waals surface area contributed by atoms with E-state index in [2.05, 4.69) is 24.3 Å². The number of hydrogen-bond acceptors (Lipinski definition) is 3. The van der Waals surface area contributed by atoms with E-state index in [0.717, 1.165) is 5.56 Å². The van der Waals surface area contributed by atoms with E-state index in [4.69, 9.17) is 9.47 Å². The highest BCUT2D eigenvalue weighted by Gasteiger charge is 2.58. The Labute approximate surface area is 105 Å². The fourth-order valence-corrected chi connectivity index (χ4v) is 2.92. The summed E-state index contributed by atoms with van der Waals surface area (Å²) in [7, 11) is 0. The third kappa shape index (κ3) is 1.42. The SMILES string of the molecule is OC[C@H]1O[C@@H](c2cccc3ccccc23)[C@H]2O[C@@H]21. The second-order valence-corrected chi connectivity index (χ2v) is 4.91. The van der Waals surface area contributed by atoms with Gasteiger partial charge in [0.25, 0.3) is 0 Å². The highest BCUT2D eigenvalue weighted by molar-refractivity contribution is 5.86. The van der Waals surface area contributed by atoms with E-state index in [1.54, 1.807) is 0 Å². The standard InChI is InChI=1S/C15H14O3/c16-8-12-14-15(18-14)13(17-12)11-7-3-5-9-4-1-2-6-10(9)11/h1-7,12-16H,8H2/t12-,13+,14-,15-/m1/s1. The maximum Gasteiger partial charge on any atom is 0.117 e. The van der Waals surface area contributed by atoms with E-state index in [1.165, 1.54) is 10.8 Å². The highest BCUT2D eigenvalue weighted by Crippen LogP contribution is 2.48. The van der Waals surface area contributed by atoms with Crippen molar-refractivity contribution in [3.63, 3.8) is 0 Å². The molecule has 4 rings (SSSR count). The number of hydrogen-bond donors (Lipinski definition) is 1. The zero-order valence-electron chi connectivity index (χ0n) is 9.82. The van der Waals surface area contributed by atoms with Gasteiger partial charge < -0.3 is 14.6 Å². The third-order valence-electron chi connectivity index (χ3n) is 3.86. The Bertz CT molecular complexity index is 590. The summed E-state index contributed by atoms with van der Waals surface area (Å²) in [5.74, 6) is 0. The topological polar surface area (TPSA) is 42.0 Å². The molecule has 2 aliphatic heterocycles. The lowest BCUT2D eigenvalue weighted by molar-refractivity contribution is -0.0526. The maximum absolute atomic E-state index is 9.24. The smallest absolute Gasteiger partial charge is 0.117 e. The van der Waals surface area contributed by atoms with Crippen molar-refractivity contribution in [1.29, 1.82) is 0 Å². The van der Waals surface area contributed by atoms with E-state index in [1.807, 2.05) is 18.2 Å². The molecule has 0 saturated carbocycles. The first-order valence-corrected chi connectivity index (χ1v) is 6.28. The molecule has 2 aliphatic rings. The Morgan fingerprint density at radius 3 is 2.61 bits per heavy atom. The predicted molar refractivity (Wildman–Crippen MR) is 67.3 cm³/mol. The van der Waals surface area contributed by atoms with Gasteiger partial charge in [-0.05, 0) is 16.3 Å². The summed E-state index contributed by atoms with van der Waals surface area (Å²) in [5, 5.41) is 11.7. The van der Waals surface area contributed by atoms with Crippen LogP contribution in [0.1, 0.15) is 11.7 Å². The van der Waals surface area contributed by atoms with Crippen LogP contribution in [-0.4, -0.2) is 30.0 Å². The van der Waals surface area contributed by atoms with Gasteiger partial charge in [0.1, 0.15) is 24.4 Å². The van der Waals surface area contributed by atoms with E-state index < -0.39 is 0 Å². The largest absolute Gasteiger partial charge is 0.394 e. The van der Waals surface area contributed by atoms with Gasteiger partial charge in [-0.3, -0.25) is 0 Å². The van der Waals surface area contributed by atoms with Crippen molar-refractivity contribution in [2.45, 2.75) is 24.4 Å². The third-order valence-corrected chi connectivity index (χ3v) is 3.86. The van der Waals surface area contributed by atoms with E-state index in [9.17, 15) is 5.11 Å². The van der Waals surface area contributed by atoms with Crippen molar-refractivity contribution in [2.24, 2.45) is 0 Å². The highest BCUT2D eigenvalue weighted by atomic mass is 16.7. The Morgan fingerprint density at radius 1 is 0.944 bits per heavy atom. The molecular weight excluding hydrogens is 228 g/mol. The molecule has 2 aromatic carbocycles. The van der Waals surface area contributed by atoms with Crippen LogP contribution in [0.15, 0.2) is 42.5 Å². The lowest BCUT2D eigenvalue weighted by Gasteiger charge is -2.18. The van der Waals surface area contributed by atoms with Crippen LogP contribution in [0.3, 0.4) is 0 Å². The quantitative estimate of drug-likeness (QED) is 0.819. The van der Waals surface area contributed by atoms with Gasteiger partial charge in [0.05, 0.1) is 6.61 Å². The Morgan fingerprint density at radius 2 is 1.78 bits per heavy atom. The van der Waals surface area contributed by atoms with Gasteiger partial charge in [0, 0.05) is 0 Å². The van der Waals surface area contributed by atoms with Crippen LogP contribution in [0.2, 0.25) is 0 Å². The molecule has 2 fully saturated rings. The van der Waals surface area contributed by atoms with Gasteiger partial charge in [-0.2, -0.15) is 0 Å². The zero-order valence-corrected chi connectivity index (χ0v) is 9.82. The van der Waals surface area contributed by atoms with Gasteiger partial charge >= 0.3 is 0 Å². The van der Waals surface area contributed by atoms with Crippen LogP contribution < -0.4 is 0 Å². The van der Waals surface area contributed by atoms with Gasteiger partial charge in [0.2, 0.25) is 0 Å². The van der Waals surface area contributed by atoms with Crippen LogP contribution >= 0.6 is 0 Å². The Kier molecular flexibility index (Phi) is 2.21. The van der Waals surface area contributed by atoms with Crippen LogP contribution in [0, 0.1) is 0 Å². The molecule has 2 aromatic rings. The number of aliphatic hydroxyl groups is 1. The molecule has 0 amide bonds. The molecule has 0 aliphatic carbocycles. The van der Waals surface area contributed by atoms with Crippen molar-refractivity contribution >= 4 is 10.8 Å². The van der Waals surface area contributed by atoms with Gasteiger partial charge in [-0.1, -0.05) is 42.5 Å². The fraction of sp³-hybridized carbons (Fsp3) is 0.333. The minimum absolute atomic E-state index is 0.0302. The summed E-state index contributed by atoms with van der Waals surface area (Å²) in [4.78, 5) is 0. The average molecular weight is 242 g/mol. The van der Waals surface area contributed by atoms with Crippen LogP contribution in [0.25, 0.3) is 10.8 Å². The first kappa shape index (κ1) is 10.5. The summed E-state index contributed by atoms with van der Waals surface area (Å²) < 4.78 is 11.5. The molecule has 4 atom stereocenters. The first-order valence-electron chi connectivity index (χ1n) is 6.28. The monoisotopic (exact) mass is 242 g/mol. The molecule has 18 heavy (non-hydrogen) atoms. The minimum Gasteiger partial charge on any atom is -0.394 e. The summed E-state index contributed by atoms with van der Waals surface area (Å²) in [5.41, 5.74) is 1.16. The summed E-state index contributed by atoms with van der Waals surface area (Å²) in [6.07, 6.45) is -0.0101. The number of rotatable bonds is 2. The normalized spacial score (nSPS) is 33.6. The molecule has 0 bridgehead atoms. The van der Waals surface area contributed by atoms with E-state index >= 15 is 0 Å². The van der Waals surface area contributed by atoms with Crippen LogP contribution in [0.4, 0.5) is 0 Å². The molecule has 1 N–H and O–H groups in total. The molecule has 3 nitrogen and oxygen atoms in total. The summed E-state index contributed by atoms with van der Waals surface area (Å²) >= 11 is 0. The second-order valence-electron chi connectivity index (χ2n) is 4.91. The minimum atomic E-state index is -0.168. The number of benzene rings is 2. The van der Waals surface area contributed by atoms with Crippen molar-refractivity contribution in [3.05, 3.63) is 48.0 Å². The first-order chi connectivity index (χ1) is 8.88. The van der Waals surface area contributed by atoms with Crippen molar-refractivity contribution < 1.29 is 14.6 Å². The Hall–Kier alpha value is -1.42. The molecule has 2 heterocycles. The lowest BCUT2D eigenvalue weighted by Crippen LogP contribution is -2.20. The number of epoxide rings is 1.